The average Bonchev–Trinajstić information content (AvgIpc) is 2.22. The van der Waals surface area contributed by atoms with E-state index in [2.05, 4.69) is 11.8 Å². The quantitative estimate of drug-likeness (QED) is 0.719. The molecule has 0 radical (unpaired) electrons. The standard InChI is InChI=1S/C8H17FN2.C2H6/c1-2-11-5-3-8(10,7-9)4-6-11;1-2/h2-7,10H2,1H3;1-2H3. The number of piperidine rings is 1. The number of halogens is 1. The van der Waals surface area contributed by atoms with Crippen molar-refractivity contribution < 1.29 is 4.39 Å². The number of alkyl halides is 1. The Kier molecular flexibility index (Phi) is 6.25. The first kappa shape index (κ1) is 12.8. The van der Waals surface area contributed by atoms with Gasteiger partial charge in [-0.05, 0) is 32.5 Å². The Morgan fingerprint density at radius 1 is 1.31 bits per heavy atom. The van der Waals surface area contributed by atoms with Crippen LogP contribution in [0.5, 0.6) is 0 Å². The predicted molar refractivity (Wildman–Crippen MR) is 55.6 cm³/mol. The van der Waals surface area contributed by atoms with E-state index in [0.717, 1.165) is 32.5 Å². The molecule has 0 aromatic carbocycles. The van der Waals surface area contributed by atoms with Crippen LogP contribution in [0.1, 0.15) is 33.6 Å². The fourth-order valence-corrected chi connectivity index (χ4v) is 1.45. The van der Waals surface area contributed by atoms with Gasteiger partial charge in [0, 0.05) is 5.54 Å². The van der Waals surface area contributed by atoms with Gasteiger partial charge in [0.05, 0.1) is 0 Å². The van der Waals surface area contributed by atoms with E-state index in [1.807, 2.05) is 13.8 Å². The highest BCUT2D eigenvalue weighted by atomic mass is 19.1. The normalized spacial score (nSPS) is 21.9. The van der Waals surface area contributed by atoms with E-state index in [0.29, 0.717) is 0 Å². The van der Waals surface area contributed by atoms with Crippen LogP contribution in [0.2, 0.25) is 0 Å². The molecule has 0 saturated carbocycles. The van der Waals surface area contributed by atoms with Crippen molar-refractivity contribution in [3.05, 3.63) is 0 Å². The third-order valence-electron chi connectivity index (χ3n) is 2.57. The van der Waals surface area contributed by atoms with Crippen LogP contribution in [0.3, 0.4) is 0 Å². The molecule has 1 fully saturated rings. The minimum absolute atomic E-state index is 0.370. The van der Waals surface area contributed by atoms with E-state index in [-0.39, 0.29) is 6.67 Å². The van der Waals surface area contributed by atoms with E-state index >= 15 is 0 Å². The summed E-state index contributed by atoms with van der Waals surface area (Å²) >= 11 is 0. The first-order chi connectivity index (χ1) is 6.20. The summed E-state index contributed by atoms with van der Waals surface area (Å²) in [5.74, 6) is 0. The van der Waals surface area contributed by atoms with Gasteiger partial charge in [0.2, 0.25) is 0 Å². The van der Waals surface area contributed by atoms with Gasteiger partial charge in [-0.25, -0.2) is 4.39 Å². The number of hydrogen-bond acceptors (Lipinski definition) is 2. The average molecular weight is 190 g/mol. The summed E-state index contributed by atoms with van der Waals surface area (Å²) < 4.78 is 12.4. The molecule has 0 bridgehead atoms. The monoisotopic (exact) mass is 190 g/mol. The Balaban J connectivity index is 0.000000671. The molecule has 0 aromatic heterocycles. The molecule has 0 aromatic rings. The van der Waals surface area contributed by atoms with Crippen LogP contribution in [-0.4, -0.2) is 36.7 Å². The molecule has 80 valence electrons. The lowest BCUT2D eigenvalue weighted by atomic mass is 9.90. The maximum atomic E-state index is 12.4. The molecule has 1 saturated heterocycles. The Morgan fingerprint density at radius 2 is 1.77 bits per heavy atom. The maximum absolute atomic E-state index is 12.4. The van der Waals surface area contributed by atoms with E-state index in [9.17, 15) is 4.39 Å². The maximum Gasteiger partial charge on any atom is 0.107 e. The molecule has 0 atom stereocenters. The second-order valence-corrected chi connectivity index (χ2v) is 3.43. The van der Waals surface area contributed by atoms with Crippen molar-refractivity contribution in [1.82, 2.24) is 4.90 Å². The number of rotatable bonds is 2. The van der Waals surface area contributed by atoms with Gasteiger partial charge < -0.3 is 10.6 Å². The highest BCUT2D eigenvalue weighted by Gasteiger charge is 2.29. The van der Waals surface area contributed by atoms with Crippen LogP contribution in [0, 0.1) is 0 Å². The van der Waals surface area contributed by atoms with Gasteiger partial charge in [-0.15, -0.1) is 0 Å². The summed E-state index contributed by atoms with van der Waals surface area (Å²) in [6, 6.07) is 0. The molecule has 13 heavy (non-hydrogen) atoms. The van der Waals surface area contributed by atoms with Crippen molar-refractivity contribution >= 4 is 0 Å². The van der Waals surface area contributed by atoms with Gasteiger partial charge >= 0.3 is 0 Å². The molecular formula is C10H23FN2. The minimum Gasteiger partial charge on any atom is -0.323 e. The van der Waals surface area contributed by atoms with Crippen LogP contribution in [0.25, 0.3) is 0 Å². The molecule has 0 unspecified atom stereocenters. The highest BCUT2D eigenvalue weighted by molar-refractivity contribution is 4.89. The fourth-order valence-electron chi connectivity index (χ4n) is 1.45. The van der Waals surface area contributed by atoms with Gasteiger partial charge in [-0.2, -0.15) is 0 Å². The Hall–Kier alpha value is -0.150. The van der Waals surface area contributed by atoms with Crippen molar-refractivity contribution in [2.24, 2.45) is 5.73 Å². The summed E-state index contributed by atoms with van der Waals surface area (Å²) in [5.41, 5.74) is 5.27. The first-order valence-electron chi connectivity index (χ1n) is 5.27. The zero-order valence-electron chi connectivity index (χ0n) is 9.15. The van der Waals surface area contributed by atoms with E-state index in [4.69, 9.17) is 5.73 Å². The Labute approximate surface area is 81.3 Å². The number of hydrogen-bond donors (Lipinski definition) is 1. The van der Waals surface area contributed by atoms with Crippen molar-refractivity contribution in [2.75, 3.05) is 26.3 Å². The molecule has 1 aliphatic heterocycles. The van der Waals surface area contributed by atoms with Crippen LogP contribution in [0.15, 0.2) is 0 Å². The molecule has 0 amide bonds. The van der Waals surface area contributed by atoms with E-state index < -0.39 is 5.54 Å². The smallest absolute Gasteiger partial charge is 0.107 e. The molecule has 3 heteroatoms. The van der Waals surface area contributed by atoms with Gasteiger partial charge in [0.25, 0.3) is 0 Å². The SMILES string of the molecule is CC.CCN1CCC(N)(CF)CC1. The Bertz CT molecular complexity index is 120. The zero-order valence-corrected chi connectivity index (χ0v) is 9.15. The summed E-state index contributed by atoms with van der Waals surface area (Å²) in [5, 5.41) is 0. The number of nitrogens with zero attached hydrogens (tertiary/aromatic N) is 1. The number of nitrogens with two attached hydrogens (primary N) is 1. The lowest BCUT2D eigenvalue weighted by Crippen LogP contribution is -2.51. The molecular weight excluding hydrogens is 167 g/mol. The van der Waals surface area contributed by atoms with Crippen LogP contribution < -0.4 is 5.73 Å². The Morgan fingerprint density at radius 3 is 2.08 bits per heavy atom. The second kappa shape index (κ2) is 6.33. The van der Waals surface area contributed by atoms with E-state index in [1.165, 1.54) is 0 Å². The number of likely N-dealkylation sites (tertiary alicyclic amines) is 1. The lowest BCUT2D eigenvalue weighted by molar-refractivity contribution is 0.145. The predicted octanol–water partition coefficient (Wildman–Crippen LogP) is 1.80. The largest absolute Gasteiger partial charge is 0.323 e. The zero-order chi connectivity index (χ0) is 10.3. The summed E-state index contributed by atoms with van der Waals surface area (Å²) in [6.45, 7) is 8.72. The summed E-state index contributed by atoms with van der Waals surface area (Å²) in [4.78, 5) is 2.31. The second-order valence-electron chi connectivity index (χ2n) is 3.43. The third-order valence-corrected chi connectivity index (χ3v) is 2.57. The summed E-state index contributed by atoms with van der Waals surface area (Å²) in [7, 11) is 0. The van der Waals surface area contributed by atoms with E-state index in [1.54, 1.807) is 0 Å². The van der Waals surface area contributed by atoms with Crippen LogP contribution >= 0.6 is 0 Å². The molecule has 1 rings (SSSR count). The van der Waals surface area contributed by atoms with Crippen LogP contribution in [-0.2, 0) is 0 Å². The topological polar surface area (TPSA) is 29.3 Å². The molecule has 2 N–H and O–H groups in total. The van der Waals surface area contributed by atoms with Crippen LogP contribution in [0.4, 0.5) is 4.39 Å². The van der Waals surface area contributed by atoms with Gasteiger partial charge in [-0.1, -0.05) is 20.8 Å². The summed E-state index contributed by atoms with van der Waals surface area (Å²) in [6.07, 6.45) is 1.61. The van der Waals surface area contributed by atoms with Gasteiger partial charge in [0.15, 0.2) is 0 Å². The lowest BCUT2D eigenvalue weighted by Gasteiger charge is -2.36. The minimum atomic E-state index is -0.508. The third kappa shape index (κ3) is 4.05. The van der Waals surface area contributed by atoms with Gasteiger partial charge in [-0.3, -0.25) is 0 Å². The first-order valence-corrected chi connectivity index (χ1v) is 5.27. The molecule has 0 spiro atoms. The van der Waals surface area contributed by atoms with Crippen molar-refractivity contribution in [3.63, 3.8) is 0 Å². The molecule has 1 aliphatic rings. The molecule has 1 heterocycles. The van der Waals surface area contributed by atoms with Crippen molar-refractivity contribution in [2.45, 2.75) is 39.2 Å². The van der Waals surface area contributed by atoms with Gasteiger partial charge in [0.1, 0.15) is 6.67 Å². The molecule has 2 nitrogen and oxygen atoms in total. The fraction of sp³-hybridized carbons (Fsp3) is 1.00. The van der Waals surface area contributed by atoms with Crippen molar-refractivity contribution in [1.29, 1.82) is 0 Å². The molecule has 0 aliphatic carbocycles. The highest BCUT2D eigenvalue weighted by Crippen LogP contribution is 2.19. The van der Waals surface area contributed by atoms with Crippen molar-refractivity contribution in [3.8, 4) is 0 Å².